The summed E-state index contributed by atoms with van der Waals surface area (Å²) in [5, 5.41) is 12.0. The number of rotatable bonds is 4. The van der Waals surface area contributed by atoms with Crippen molar-refractivity contribution in [2.45, 2.75) is 19.8 Å². The summed E-state index contributed by atoms with van der Waals surface area (Å²) in [5.74, 6) is -0.840. The van der Waals surface area contributed by atoms with E-state index < -0.39 is 11.4 Å². The molecule has 1 saturated heterocycles. The quantitative estimate of drug-likeness (QED) is 0.872. The second-order valence-electron chi connectivity index (χ2n) is 5.65. The molecule has 2 rings (SSSR count). The maximum absolute atomic E-state index is 12.0. The number of aliphatic carboxylic acids is 1. The number of likely N-dealkylation sites (tertiary alicyclic amines) is 1. The zero-order chi connectivity index (χ0) is 15.5. The molecule has 1 heterocycles. The van der Waals surface area contributed by atoms with E-state index in [1.54, 1.807) is 11.8 Å². The third kappa shape index (κ3) is 3.97. The Bertz CT molecular complexity index is 532. The molecule has 1 unspecified atom stereocenters. The SMILES string of the molecule is CC1(C(=O)O)CCN(C(=O)NCCc2ccc(Br)cc2)C1. The van der Waals surface area contributed by atoms with Gasteiger partial charge in [-0.1, -0.05) is 28.1 Å². The molecule has 0 aromatic heterocycles. The van der Waals surface area contributed by atoms with Crippen LogP contribution in [0.2, 0.25) is 0 Å². The molecule has 114 valence electrons. The Labute approximate surface area is 132 Å². The molecule has 1 aromatic carbocycles. The summed E-state index contributed by atoms with van der Waals surface area (Å²) in [7, 11) is 0. The molecule has 0 bridgehead atoms. The van der Waals surface area contributed by atoms with Gasteiger partial charge in [-0.3, -0.25) is 4.79 Å². The number of benzene rings is 1. The number of halogens is 1. The first-order valence-electron chi connectivity index (χ1n) is 6.91. The average molecular weight is 355 g/mol. The molecular formula is C15H19BrN2O3. The van der Waals surface area contributed by atoms with Gasteiger partial charge in [0.25, 0.3) is 0 Å². The Morgan fingerprint density at radius 1 is 1.38 bits per heavy atom. The zero-order valence-electron chi connectivity index (χ0n) is 11.9. The molecule has 2 amide bonds. The number of nitrogens with one attached hydrogen (secondary N) is 1. The number of carbonyl (C=O) groups is 2. The number of urea groups is 1. The van der Waals surface area contributed by atoms with Gasteiger partial charge in [-0.25, -0.2) is 4.79 Å². The van der Waals surface area contributed by atoms with Gasteiger partial charge in [0.15, 0.2) is 0 Å². The molecule has 0 radical (unpaired) electrons. The molecule has 5 nitrogen and oxygen atoms in total. The van der Waals surface area contributed by atoms with Crippen molar-refractivity contribution in [3.63, 3.8) is 0 Å². The van der Waals surface area contributed by atoms with Crippen molar-refractivity contribution in [1.82, 2.24) is 10.2 Å². The second kappa shape index (κ2) is 6.47. The van der Waals surface area contributed by atoms with E-state index in [-0.39, 0.29) is 12.6 Å². The summed E-state index contributed by atoms with van der Waals surface area (Å²) >= 11 is 3.38. The molecule has 1 atom stereocenters. The fourth-order valence-corrected chi connectivity index (χ4v) is 2.65. The van der Waals surface area contributed by atoms with Gasteiger partial charge in [0, 0.05) is 24.1 Å². The highest BCUT2D eigenvalue weighted by molar-refractivity contribution is 9.10. The predicted octanol–water partition coefficient (Wildman–Crippen LogP) is 2.50. The maximum Gasteiger partial charge on any atom is 0.317 e. The van der Waals surface area contributed by atoms with Crippen LogP contribution in [0.25, 0.3) is 0 Å². The minimum atomic E-state index is -0.840. The summed E-state index contributed by atoms with van der Waals surface area (Å²) in [5.41, 5.74) is 0.332. The van der Waals surface area contributed by atoms with E-state index in [1.807, 2.05) is 24.3 Å². The van der Waals surface area contributed by atoms with Crippen molar-refractivity contribution >= 4 is 27.9 Å². The van der Waals surface area contributed by atoms with E-state index >= 15 is 0 Å². The van der Waals surface area contributed by atoms with Gasteiger partial charge in [0.2, 0.25) is 0 Å². The molecule has 0 saturated carbocycles. The van der Waals surface area contributed by atoms with E-state index in [2.05, 4.69) is 21.2 Å². The van der Waals surface area contributed by atoms with E-state index in [0.29, 0.717) is 19.5 Å². The van der Waals surface area contributed by atoms with Crippen LogP contribution in [0.1, 0.15) is 18.9 Å². The molecule has 21 heavy (non-hydrogen) atoms. The highest BCUT2D eigenvalue weighted by Crippen LogP contribution is 2.29. The normalized spacial score (nSPS) is 21.3. The Hall–Kier alpha value is -1.56. The smallest absolute Gasteiger partial charge is 0.317 e. The first kappa shape index (κ1) is 15.8. The Kier molecular flexibility index (Phi) is 4.88. The number of carboxylic acids is 1. The van der Waals surface area contributed by atoms with Crippen LogP contribution in [0.5, 0.6) is 0 Å². The van der Waals surface area contributed by atoms with Gasteiger partial charge >= 0.3 is 12.0 Å². The maximum atomic E-state index is 12.0. The summed E-state index contributed by atoms with van der Waals surface area (Å²) in [6.07, 6.45) is 1.26. The Morgan fingerprint density at radius 2 is 2.05 bits per heavy atom. The lowest BCUT2D eigenvalue weighted by Crippen LogP contribution is -2.41. The van der Waals surface area contributed by atoms with Crippen molar-refractivity contribution in [3.8, 4) is 0 Å². The first-order valence-corrected chi connectivity index (χ1v) is 7.71. The predicted molar refractivity (Wildman–Crippen MR) is 83.2 cm³/mol. The zero-order valence-corrected chi connectivity index (χ0v) is 13.5. The second-order valence-corrected chi connectivity index (χ2v) is 6.56. The van der Waals surface area contributed by atoms with Crippen LogP contribution in [-0.4, -0.2) is 41.6 Å². The van der Waals surface area contributed by atoms with E-state index in [0.717, 1.165) is 16.5 Å². The lowest BCUT2D eigenvalue weighted by atomic mass is 9.90. The van der Waals surface area contributed by atoms with Crippen LogP contribution in [0, 0.1) is 5.41 Å². The lowest BCUT2D eigenvalue weighted by molar-refractivity contribution is -0.146. The van der Waals surface area contributed by atoms with E-state index in [9.17, 15) is 9.59 Å². The molecule has 6 heteroatoms. The van der Waals surface area contributed by atoms with E-state index in [1.165, 1.54) is 0 Å². The van der Waals surface area contributed by atoms with Gasteiger partial charge in [0.05, 0.1) is 5.41 Å². The van der Waals surface area contributed by atoms with Crippen molar-refractivity contribution in [2.75, 3.05) is 19.6 Å². The molecule has 0 aliphatic carbocycles. The van der Waals surface area contributed by atoms with E-state index in [4.69, 9.17) is 5.11 Å². The number of amides is 2. The number of hydrogen-bond acceptors (Lipinski definition) is 2. The highest BCUT2D eigenvalue weighted by atomic mass is 79.9. The topological polar surface area (TPSA) is 69.6 Å². The molecule has 2 N–H and O–H groups in total. The van der Waals surface area contributed by atoms with Crippen LogP contribution < -0.4 is 5.32 Å². The number of carbonyl (C=O) groups excluding carboxylic acids is 1. The monoisotopic (exact) mass is 354 g/mol. The van der Waals surface area contributed by atoms with Gasteiger partial charge in [-0.2, -0.15) is 0 Å². The largest absolute Gasteiger partial charge is 0.481 e. The number of nitrogens with zero attached hydrogens (tertiary/aromatic N) is 1. The lowest BCUT2D eigenvalue weighted by Gasteiger charge is -2.20. The number of hydrogen-bond donors (Lipinski definition) is 2. The van der Waals surface area contributed by atoms with Gasteiger partial charge < -0.3 is 15.3 Å². The van der Waals surface area contributed by atoms with Crippen LogP contribution in [0.15, 0.2) is 28.7 Å². The van der Waals surface area contributed by atoms with Crippen molar-refractivity contribution in [1.29, 1.82) is 0 Å². The van der Waals surface area contributed by atoms with Gasteiger partial charge in [-0.05, 0) is 37.5 Å². The van der Waals surface area contributed by atoms with Crippen LogP contribution in [-0.2, 0) is 11.2 Å². The average Bonchev–Trinajstić information content (AvgIpc) is 2.85. The van der Waals surface area contributed by atoms with Crippen LogP contribution in [0.3, 0.4) is 0 Å². The van der Waals surface area contributed by atoms with Gasteiger partial charge in [-0.15, -0.1) is 0 Å². The minimum absolute atomic E-state index is 0.183. The fraction of sp³-hybridized carbons (Fsp3) is 0.467. The third-order valence-corrected chi connectivity index (χ3v) is 4.41. The third-order valence-electron chi connectivity index (χ3n) is 3.88. The molecular weight excluding hydrogens is 336 g/mol. The summed E-state index contributed by atoms with van der Waals surface area (Å²) in [6, 6.07) is 7.77. The van der Waals surface area contributed by atoms with Gasteiger partial charge in [0.1, 0.15) is 0 Å². The van der Waals surface area contributed by atoms with Crippen LogP contribution in [0.4, 0.5) is 4.79 Å². The van der Waals surface area contributed by atoms with Crippen molar-refractivity contribution in [3.05, 3.63) is 34.3 Å². The van der Waals surface area contributed by atoms with Crippen molar-refractivity contribution < 1.29 is 14.7 Å². The Balaban J connectivity index is 1.78. The number of carboxylic acid groups (broad SMARTS) is 1. The standard InChI is InChI=1S/C15H19BrN2O3/c1-15(13(19)20)7-9-18(10-15)14(21)17-8-6-11-2-4-12(16)5-3-11/h2-5H,6-10H2,1H3,(H,17,21)(H,19,20). The summed E-state index contributed by atoms with van der Waals surface area (Å²) in [6.45, 7) is 2.99. The summed E-state index contributed by atoms with van der Waals surface area (Å²) in [4.78, 5) is 24.7. The minimum Gasteiger partial charge on any atom is -0.481 e. The Morgan fingerprint density at radius 3 is 2.62 bits per heavy atom. The van der Waals surface area contributed by atoms with Crippen molar-refractivity contribution in [2.24, 2.45) is 5.41 Å². The first-order chi connectivity index (χ1) is 9.90. The summed E-state index contributed by atoms with van der Waals surface area (Å²) < 4.78 is 1.03. The fourth-order valence-electron chi connectivity index (χ4n) is 2.39. The van der Waals surface area contributed by atoms with Crippen LogP contribution >= 0.6 is 15.9 Å². The molecule has 1 aliphatic heterocycles. The molecule has 1 fully saturated rings. The molecule has 0 spiro atoms. The molecule has 1 aliphatic rings. The highest BCUT2D eigenvalue weighted by Gasteiger charge is 2.42. The molecule has 1 aromatic rings.